The molecule has 0 fully saturated rings. The highest BCUT2D eigenvalue weighted by atomic mass is 16.7. The molecule has 0 saturated carbocycles. The summed E-state index contributed by atoms with van der Waals surface area (Å²) < 4.78 is 10.6. The summed E-state index contributed by atoms with van der Waals surface area (Å²) in [6.07, 6.45) is 3.63. The highest BCUT2D eigenvalue weighted by Gasteiger charge is 1.96. The van der Waals surface area contributed by atoms with Crippen molar-refractivity contribution >= 4 is 12.0 Å². The minimum atomic E-state index is -0.827. The van der Waals surface area contributed by atoms with Crippen molar-refractivity contribution in [3.8, 4) is 0 Å². The summed E-state index contributed by atoms with van der Waals surface area (Å²) in [5.41, 5.74) is 2.03. The average Bonchev–Trinajstić information content (AvgIpc) is 2.36. The molecule has 1 rings (SSSR count). The molecule has 0 aliphatic rings. The largest absolute Gasteiger partial charge is 0.481 e. The fourth-order valence-corrected chi connectivity index (χ4v) is 1.36. The molecule has 0 atom stereocenters. The van der Waals surface area contributed by atoms with Crippen molar-refractivity contribution in [3.05, 3.63) is 41.5 Å². The molecular weight excluding hydrogens is 244 g/mol. The van der Waals surface area contributed by atoms with Gasteiger partial charge in [0.1, 0.15) is 6.79 Å². The highest BCUT2D eigenvalue weighted by Crippen LogP contribution is 2.08. The van der Waals surface area contributed by atoms with Crippen LogP contribution in [-0.4, -0.2) is 24.0 Å². The van der Waals surface area contributed by atoms with E-state index in [1.807, 2.05) is 38.1 Å². The highest BCUT2D eigenvalue weighted by molar-refractivity contribution is 5.70. The minimum Gasteiger partial charge on any atom is -0.481 e. The summed E-state index contributed by atoms with van der Waals surface area (Å²) in [5, 5.41) is 8.52. The Morgan fingerprint density at radius 1 is 1.32 bits per heavy atom. The van der Waals surface area contributed by atoms with Crippen LogP contribution in [0.15, 0.2) is 30.3 Å². The zero-order valence-corrected chi connectivity index (χ0v) is 11.3. The van der Waals surface area contributed by atoms with Crippen molar-refractivity contribution in [1.82, 2.24) is 0 Å². The zero-order chi connectivity index (χ0) is 14.1. The second-order valence-electron chi connectivity index (χ2n) is 4.42. The summed E-state index contributed by atoms with van der Waals surface area (Å²) in [6.45, 7) is 4.72. The van der Waals surface area contributed by atoms with Gasteiger partial charge in [0.15, 0.2) is 0 Å². The molecule has 0 bridgehead atoms. The third-order valence-corrected chi connectivity index (χ3v) is 2.34. The molecule has 0 saturated heterocycles. The summed E-state index contributed by atoms with van der Waals surface area (Å²) in [5.74, 6) is -0.827. The molecule has 0 aliphatic heterocycles. The molecule has 0 unspecified atom stereocenters. The van der Waals surface area contributed by atoms with Gasteiger partial charge >= 0.3 is 5.97 Å². The van der Waals surface area contributed by atoms with Crippen molar-refractivity contribution in [2.75, 3.05) is 6.79 Å². The van der Waals surface area contributed by atoms with Crippen molar-refractivity contribution < 1.29 is 19.4 Å². The van der Waals surface area contributed by atoms with Crippen LogP contribution in [0.1, 0.15) is 31.4 Å². The third-order valence-electron chi connectivity index (χ3n) is 2.34. The number of ether oxygens (including phenoxy) is 2. The molecule has 0 radical (unpaired) electrons. The van der Waals surface area contributed by atoms with Crippen LogP contribution < -0.4 is 0 Å². The van der Waals surface area contributed by atoms with Crippen LogP contribution in [0.4, 0.5) is 0 Å². The Bertz CT molecular complexity index is 407. The molecule has 19 heavy (non-hydrogen) atoms. The molecule has 4 nitrogen and oxygen atoms in total. The Labute approximate surface area is 113 Å². The lowest BCUT2D eigenvalue weighted by atomic mass is 10.1. The maximum atomic E-state index is 10.4. The lowest BCUT2D eigenvalue weighted by Crippen LogP contribution is -2.06. The fraction of sp³-hybridized carbons (Fsp3) is 0.400. The fourth-order valence-electron chi connectivity index (χ4n) is 1.36. The normalized spacial score (nSPS) is 11.3. The molecular formula is C15H20O4. The average molecular weight is 264 g/mol. The van der Waals surface area contributed by atoms with Crippen molar-refractivity contribution in [2.24, 2.45) is 0 Å². The standard InChI is InChI=1S/C15H20O4/c1-12(2)19-11-18-10-14-8-6-13(7-9-14)4-3-5-15(16)17/h3-4,6-9,12H,5,10-11H2,1-2H3,(H,16,17)/b4-3+. The number of benzene rings is 1. The van der Waals surface area contributed by atoms with Crippen LogP contribution >= 0.6 is 0 Å². The van der Waals surface area contributed by atoms with E-state index < -0.39 is 5.97 Å². The van der Waals surface area contributed by atoms with Crippen LogP contribution in [0.25, 0.3) is 6.08 Å². The Morgan fingerprint density at radius 2 is 2.00 bits per heavy atom. The van der Waals surface area contributed by atoms with Gasteiger partial charge in [-0.3, -0.25) is 4.79 Å². The number of hydrogen-bond donors (Lipinski definition) is 1. The molecule has 1 aromatic carbocycles. The molecule has 0 heterocycles. The Morgan fingerprint density at radius 3 is 2.58 bits per heavy atom. The quantitative estimate of drug-likeness (QED) is 0.579. The predicted molar refractivity (Wildman–Crippen MR) is 73.6 cm³/mol. The molecule has 0 aliphatic carbocycles. The molecule has 0 amide bonds. The van der Waals surface area contributed by atoms with E-state index >= 15 is 0 Å². The van der Waals surface area contributed by atoms with Crippen LogP contribution in [0.2, 0.25) is 0 Å². The molecule has 0 aromatic heterocycles. The summed E-state index contributed by atoms with van der Waals surface area (Å²) in [7, 11) is 0. The first-order valence-corrected chi connectivity index (χ1v) is 6.24. The van der Waals surface area contributed by atoms with E-state index in [9.17, 15) is 4.79 Å². The predicted octanol–water partition coefficient (Wildman–Crippen LogP) is 3.07. The van der Waals surface area contributed by atoms with E-state index in [1.54, 1.807) is 12.2 Å². The zero-order valence-electron chi connectivity index (χ0n) is 11.3. The molecule has 0 spiro atoms. The van der Waals surface area contributed by atoms with Crippen LogP contribution in [0.3, 0.4) is 0 Å². The molecule has 1 N–H and O–H groups in total. The Balaban J connectivity index is 2.35. The topological polar surface area (TPSA) is 55.8 Å². The second kappa shape index (κ2) is 8.45. The van der Waals surface area contributed by atoms with Gasteiger partial charge in [-0.15, -0.1) is 0 Å². The first-order chi connectivity index (χ1) is 9.08. The summed E-state index contributed by atoms with van der Waals surface area (Å²) >= 11 is 0. The van der Waals surface area contributed by atoms with E-state index in [1.165, 1.54) is 0 Å². The first kappa shape index (κ1) is 15.4. The van der Waals surface area contributed by atoms with Crippen molar-refractivity contribution in [2.45, 2.75) is 33.0 Å². The van der Waals surface area contributed by atoms with Gasteiger partial charge in [0.05, 0.1) is 19.1 Å². The number of hydrogen-bond acceptors (Lipinski definition) is 3. The van der Waals surface area contributed by atoms with E-state index in [4.69, 9.17) is 14.6 Å². The van der Waals surface area contributed by atoms with Crippen molar-refractivity contribution in [3.63, 3.8) is 0 Å². The van der Waals surface area contributed by atoms with Crippen molar-refractivity contribution in [1.29, 1.82) is 0 Å². The van der Waals surface area contributed by atoms with Gasteiger partial charge in [-0.1, -0.05) is 36.4 Å². The van der Waals surface area contributed by atoms with Gasteiger partial charge in [0.2, 0.25) is 0 Å². The van der Waals surface area contributed by atoms with Gasteiger partial charge in [-0.2, -0.15) is 0 Å². The summed E-state index contributed by atoms with van der Waals surface area (Å²) in [4.78, 5) is 10.4. The smallest absolute Gasteiger partial charge is 0.307 e. The SMILES string of the molecule is CC(C)OCOCc1ccc(/C=C/CC(=O)O)cc1. The second-order valence-corrected chi connectivity index (χ2v) is 4.42. The Kier molecular flexibility index (Phi) is 6.85. The number of carbonyl (C=O) groups is 1. The van der Waals surface area contributed by atoms with Gasteiger partial charge < -0.3 is 14.6 Å². The maximum Gasteiger partial charge on any atom is 0.307 e. The number of carboxylic acid groups (broad SMARTS) is 1. The first-order valence-electron chi connectivity index (χ1n) is 6.24. The lowest BCUT2D eigenvalue weighted by molar-refractivity contribution is -0.135. The van der Waals surface area contributed by atoms with Crippen LogP contribution in [-0.2, 0) is 20.9 Å². The van der Waals surface area contributed by atoms with Gasteiger partial charge in [0, 0.05) is 0 Å². The number of aliphatic carboxylic acids is 1. The van der Waals surface area contributed by atoms with E-state index in [0.717, 1.165) is 11.1 Å². The third kappa shape index (κ3) is 7.39. The monoisotopic (exact) mass is 264 g/mol. The lowest BCUT2D eigenvalue weighted by Gasteiger charge is -2.08. The molecule has 4 heteroatoms. The summed E-state index contributed by atoms with van der Waals surface area (Å²) in [6, 6.07) is 7.77. The number of rotatable bonds is 8. The van der Waals surface area contributed by atoms with Gasteiger partial charge in [-0.05, 0) is 25.0 Å². The van der Waals surface area contributed by atoms with E-state index in [-0.39, 0.29) is 19.3 Å². The van der Waals surface area contributed by atoms with Crippen LogP contribution in [0, 0.1) is 0 Å². The van der Waals surface area contributed by atoms with Crippen LogP contribution in [0.5, 0.6) is 0 Å². The van der Waals surface area contributed by atoms with E-state index in [2.05, 4.69) is 0 Å². The van der Waals surface area contributed by atoms with E-state index in [0.29, 0.717) is 6.61 Å². The van der Waals surface area contributed by atoms with Gasteiger partial charge in [-0.25, -0.2) is 0 Å². The minimum absolute atomic E-state index is 0.0391. The molecule has 1 aromatic rings. The Hall–Kier alpha value is -1.65. The molecule has 104 valence electrons. The number of carboxylic acids is 1. The maximum absolute atomic E-state index is 10.4. The van der Waals surface area contributed by atoms with Gasteiger partial charge in [0.25, 0.3) is 0 Å².